The van der Waals surface area contributed by atoms with Crippen LogP contribution in [0.5, 0.6) is 0 Å². The van der Waals surface area contributed by atoms with Crippen molar-refractivity contribution in [1.82, 2.24) is 24.6 Å². The summed E-state index contributed by atoms with van der Waals surface area (Å²) in [5.41, 5.74) is 7.81. The summed E-state index contributed by atoms with van der Waals surface area (Å²) in [5, 5.41) is 4.58. The van der Waals surface area contributed by atoms with Crippen molar-refractivity contribution >= 4 is 22.9 Å². The Bertz CT molecular complexity index is 1010. The van der Waals surface area contributed by atoms with Crippen LogP contribution in [-0.4, -0.2) is 49.5 Å². The number of nitrogens with zero attached hydrogens (tertiary/aromatic N) is 5. The summed E-state index contributed by atoms with van der Waals surface area (Å²) < 4.78 is 7.10. The molecule has 4 rings (SSSR count). The first kappa shape index (κ1) is 16.2. The predicted molar refractivity (Wildman–Crippen MR) is 91.6 cm³/mol. The van der Waals surface area contributed by atoms with Crippen molar-refractivity contribution in [2.75, 3.05) is 13.1 Å². The maximum absolute atomic E-state index is 13.1. The van der Waals surface area contributed by atoms with Gasteiger partial charge in [-0.15, -0.1) is 0 Å². The molecule has 0 unspecified atom stereocenters. The van der Waals surface area contributed by atoms with Gasteiger partial charge in [-0.25, -0.2) is 9.97 Å². The van der Waals surface area contributed by atoms with E-state index in [1.165, 1.54) is 0 Å². The zero-order valence-corrected chi connectivity index (χ0v) is 14.5. The molecule has 2 amide bonds. The molecule has 0 aliphatic carbocycles. The first-order chi connectivity index (χ1) is 12.4. The van der Waals surface area contributed by atoms with Gasteiger partial charge in [-0.05, 0) is 19.9 Å². The lowest BCUT2D eigenvalue weighted by molar-refractivity contribution is 0.0760. The van der Waals surface area contributed by atoms with Gasteiger partial charge in [-0.2, -0.15) is 0 Å². The summed E-state index contributed by atoms with van der Waals surface area (Å²) in [4.78, 5) is 34.8. The van der Waals surface area contributed by atoms with E-state index in [1.807, 2.05) is 11.5 Å². The predicted octanol–water partition coefficient (Wildman–Crippen LogP) is 0.834. The Labute approximate surface area is 148 Å². The Morgan fingerprint density at radius 3 is 2.77 bits per heavy atom. The second kappa shape index (κ2) is 5.94. The lowest BCUT2D eigenvalue weighted by Gasteiger charge is -2.20. The van der Waals surface area contributed by atoms with Gasteiger partial charge in [-0.1, -0.05) is 5.16 Å². The fraction of sp³-hybridized carbons (Fsp3) is 0.353. The molecule has 0 aromatic carbocycles. The van der Waals surface area contributed by atoms with E-state index in [0.29, 0.717) is 54.1 Å². The standard InChI is InChI=1S/C17H18N6O3/c1-9-7-11(14-10(2)21-26-16(14)19-9)17(25)22-4-3-13-20-12(15(18)24)8-23(13)6-5-22/h7-8H,3-6H2,1-2H3,(H2,18,24). The highest BCUT2D eigenvalue weighted by Gasteiger charge is 2.25. The van der Waals surface area contributed by atoms with Crippen molar-refractivity contribution < 1.29 is 14.1 Å². The zero-order chi connectivity index (χ0) is 18.4. The highest BCUT2D eigenvalue weighted by Crippen LogP contribution is 2.24. The molecule has 9 nitrogen and oxygen atoms in total. The van der Waals surface area contributed by atoms with Crippen LogP contribution >= 0.6 is 0 Å². The summed E-state index contributed by atoms with van der Waals surface area (Å²) in [6.07, 6.45) is 2.19. The quantitative estimate of drug-likeness (QED) is 0.728. The Kier molecular flexibility index (Phi) is 3.71. The molecule has 4 heterocycles. The van der Waals surface area contributed by atoms with Crippen LogP contribution < -0.4 is 5.73 Å². The van der Waals surface area contributed by atoms with Crippen molar-refractivity contribution in [3.63, 3.8) is 0 Å². The molecule has 0 saturated heterocycles. The maximum Gasteiger partial charge on any atom is 0.268 e. The minimum absolute atomic E-state index is 0.0901. The van der Waals surface area contributed by atoms with Gasteiger partial charge < -0.3 is 19.7 Å². The van der Waals surface area contributed by atoms with Crippen molar-refractivity contribution in [2.24, 2.45) is 5.73 Å². The number of rotatable bonds is 2. The molecule has 134 valence electrons. The highest BCUT2D eigenvalue weighted by molar-refractivity contribution is 6.06. The van der Waals surface area contributed by atoms with E-state index < -0.39 is 5.91 Å². The molecule has 0 saturated carbocycles. The maximum atomic E-state index is 13.1. The Balaban J connectivity index is 1.63. The van der Waals surface area contributed by atoms with Crippen molar-refractivity contribution in [3.05, 3.63) is 40.7 Å². The summed E-state index contributed by atoms with van der Waals surface area (Å²) in [6, 6.07) is 1.77. The summed E-state index contributed by atoms with van der Waals surface area (Å²) in [7, 11) is 0. The van der Waals surface area contributed by atoms with Crippen LogP contribution in [0.25, 0.3) is 11.1 Å². The highest BCUT2D eigenvalue weighted by atomic mass is 16.5. The minimum atomic E-state index is -0.545. The van der Waals surface area contributed by atoms with Crippen LogP contribution in [0.3, 0.4) is 0 Å². The molecule has 3 aromatic heterocycles. The van der Waals surface area contributed by atoms with Gasteiger partial charge in [0.2, 0.25) is 0 Å². The average Bonchev–Trinajstić information content (AvgIpc) is 3.12. The van der Waals surface area contributed by atoms with Crippen LogP contribution in [0, 0.1) is 13.8 Å². The van der Waals surface area contributed by atoms with Crippen molar-refractivity contribution in [3.8, 4) is 0 Å². The van der Waals surface area contributed by atoms with Crippen LogP contribution in [0.2, 0.25) is 0 Å². The molecule has 0 bridgehead atoms. The van der Waals surface area contributed by atoms with Gasteiger partial charge in [-0.3, -0.25) is 9.59 Å². The number of hydrogen-bond donors (Lipinski definition) is 1. The molecular weight excluding hydrogens is 336 g/mol. The molecule has 2 N–H and O–H groups in total. The van der Waals surface area contributed by atoms with Crippen LogP contribution in [-0.2, 0) is 13.0 Å². The first-order valence-corrected chi connectivity index (χ1v) is 8.33. The number of aromatic nitrogens is 4. The minimum Gasteiger partial charge on any atom is -0.364 e. The number of imidazole rings is 1. The van der Waals surface area contributed by atoms with E-state index in [-0.39, 0.29) is 11.6 Å². The van der Waals surface area contributed by atoms with Gasteiger partial charge in [0.05, 0.1) is 16.6 Å². The normalized spacial score (nSPS) is 14.3. The third-order valence-electron chi connectivity index (χ3n) is 4.59. The third-order valence-corrected chi connectivity index (χ3v) is 4.59. The van der Waals surface area contributed by atoms with Gasteiger partial charge >= 0.3 is 0 Å². The van der Waals surface area contributed by atoms with E-state index >= 15 is 0 Å². The number of carbonyl (C=O) groups is 2. The van der Waals surface area contributed by atoms with E-state index in [1.54, 1.807) is 24.1 Å². The molecular formula is C17H18N6O3. The number of hydrogen-bond acceptors (Lipinski definition) is 6. The van der Waals surface area contributed by atoms with Crippen molar-refractivity contribution in [2.45, 2.75) is 26.8 Å². The number of pyridine rings is 1. The molecule has 3 aromatic rings. The van der Waals surface area contributed by atoms with Gasteiger partial charge in [0, 0.05) is 37.9 Å². The Hall–Kier alpha value is -3.23. The second-order valence-corrected chi connectivity index (χ2v) is 6.40. The second-order valence-electron chi connectivity index (χ2n) is 6.40. The molecule has 0 atom stereocenters. The molecule has 9 heteroatoms. The largest absolute Gasteiger partial charge is 0.364 e. The molecule has 26 heavy (non-hydrogen) atoms. The van der Waals surface area contributed by atoms with E-state index in [9.17, 15) is 9.59 Å². The molecule has 1 aliphatic heterocycles. The SMILES string of the molecule is Cc1cc(C(=O)N2CCc3nc(C(N)=O)cn3CC2)c2c(C)noc2n1. The lowest BCUT2D eigenvalue weighted by Crippen LogP contribution is -2.34. The smallest absolute Gasteiger partial charge is 0.268 e. The van der Waals surface area contributed by atoms with Gasteiger partial charge in [0.15, 0.2) is 0 Å². The Morgan fingerprint density at radius 2 is 2.00 bits per heavy atom. The van der Waals surface area contributed by atoms with Crippen LogP contribution in [0.15, 0.2) is 16.8 Å². The van der Waals surface area contributed by atoms with E-state index in [0.717, 1.165) is 5.82 Å². The summed E-state index contributed by atoms with van der Waals surface area (Å²) in [5.74, 6) is 0.120. The number of amides is 2. The molecule has 0 fully saturated rings. The van der Waals surface area contributed by atoms with Crippen LogP contribution in [0.1, 0.15) is 38.1 Å². The number of aryl methyl sites for hydroxylation is 2. The number of primary amides is 1. The van der Waals surface area contributed by atoms with Gasteiger partial charge in [0.1, 0.15) is 11.5 Å². The van der Waals surface area contributed by atoms with Gasteiger partial charge in [0.25, 0.3) is 17.5 Å². The number of fused-ring (bicyclic) bond motifs is 2. The molecule has 1 aliphatic rings. The molecule has 0 spiro atoms. The number of nitrogens with two attached hydrogens (primary N) is 1. The number of carbonyl (C=O) groups excluding carboxylic acids is 2. The van der Waals surface area contributed by atoms with Crippen LogP contribution in [0.4, 0.5) is 0 Å². The van der Waals surface area contributed by atoms with Crippen molar-refractivity contribution in [1.29, 1.82) is 0 Å². The fourth-order valence-electron chi connectivity index (χ4n) is 3.30. The zero-order valence-electron chi connectivity index (χ0n) is 14.5. The lowest BCUT2D eigenvalue weighted by atomic mass is 10.1. The topological polar surface area (TPSA) is 120 Å². The van der Waals surface area contributed by atoms with E-state index in [2.05, 4.69) is 15.1 Å². The fourth-order valence-corrected chi connectivity index (χ4v) is 3.30. The summed E-state index contributed by atoms with van der Waals surface area (Å²) >= 11 is 0. The molecule has 0 radical (unpaired) electrons. The summed E-state index contributed by atoms with van der Waals surface area (Å²) in [6.45, 7) is 5.17. The monoisotopic (exact) mass is 354 g/mol. The van der Waals surface area contributed by atoms with E-state index in [4.69, 9.17) is 10.3 Å². The average molecular weight is 354 g/mol. The third kappa shape index (κ3) is 2.61. The first-order valence-electron chi connectivity index (χ1n) is 8.33. The Morgan fingerprint density at radius 1 is 1.19 bits per heavy atom.